The van der Waals surface area contributed by atoms with Crippen molar-refractivity contribution in [1.29, 1.82) is 0 Å². The Morgan fingerprint density at radius 1 is 1.19 bits per heavy atom. The Morgan fingerprint density at radius 3 is 2.42 bits per heavy atom. The first-order chi connectivity index (χ1) is 12.2. The van der Waals surface area contributed by atoms with Crippen molar-refractivity contribution in [1.82, 2.24) is 9.97 Å². The maximum Gasteiger partial charge on any atom is 0.254 e. The number of nitrogens with zero attached hydrogens (tertiary/aromatic N) is 2. The van der Waals surface area contributed by atoms with Crippen molar-refractivity contribution in [2.24, 2.45) is 5.73 Å². The van der Waals surface area contributed by atoms with Crippen molar-refractivity contribution < 1.29 is 9.59 Å². The van der Waals surface area contributed by atoms with Gasteiger partial charge in [-0.15, -0.1) is 0 Å². The number of hydrogen-bond donors (Lipinski definition) is 4. The highest BCUT2D eigenvalue weighted by Gasteiger charge is 2.17. The maximum absolute atomic E-state index is 11.7. The number of aromatic nitrogens is 2. The Balaban J connectivity index is 2.41. The SMILES string of the molecule is C=CC(=O)Nc1ccccc1Nc1nc(NC(C)(C)C)ncc1C(N)=O. The van der Waals surface area contributed by atoms with E-state index < -0.39 is 5.91 Å². The monoisotopic (exact) mass is 354 g/mol. The number of rotatable bonds is 6. The van der Waals surface area contributed by atoms with Crippen LogP contribution in [-0.2, 0) is 4.79 Å². The molecule has 1 aromatic heterocycles. The van der Waals surface area contributed by atoms with Crippen LogP contribution >= 0.6 is 0 Å². The van der Waals surface area contributed by atoms with Crippen molar-refractivity contribution >= 4 is 35.0 Å². The van der Waals surface area contributed by atoms with Crippen molar-refractivity contribution in [2.45, 2.75) is 26.3 Å². The first-order valence-electron chi connectivity index (χ1n) is 7.94. The summed E-state index contributed by atoms with van der Waals surface area (Å²) < 4.78 is 0. The summed E-state index contributed by atoms with van der Waals surface area (Å²) in [7, 11) is 0. The Labute approximate surface area is 151 Å². The third-order valence-corrected chi connectivity index (χ3v) is 3.16. The van der Waals surface area contributed by atoms with Gasteiger partial charge >= 0.3 is 0 Å². The van der Waals surface area contributed by atoms with Gasteiger partial charge in [0.05, 0.1) is 11.4 Å². The summed E-state index contributed by atoms with van der Waals surface area (Å²) in [6, 6.07) is 7.00. The van der Waals surface area contributed by atoms with Gasteiger partial charge in [-0.1, -0.05) is 18.7 Å². The Kier molecular flexibility index (Phi) is 5.56. The van der Waals surface area contributed by atoms with Crippen LogP contribution in [0.2, 0.25) is 0 Å². The van der Waals surface area contributed by atoms with Crippen molar-refractivity contribution in [2.75, 3.05) is 16.0 Å². The number of nitrogens with two attached hydrogens (primary N) is 1. The zero-order chi connectivity index (χ0) is 19.3. The molecule has 0 saturated heterocycles. The zero-order valence-corrected chi connectivity index (χ0v) is 15.0. The predicted molar refractivity (Wildman–Crippen MR) is 102 cm³/mol. The third-order valence-electron chi connectivity index (χ3n) is 3.16. The maximum atomic E-state index is 11.7. The minimum absolute atomic E-state index is 0.134. The predicted octanol–water partition coefficient (Wildman–Crippen LogP) is 2.65. The van der Waals surface area contributed by atoms with Crippen molar-refractivity contribution in [3.8, 4) is 0 Å². The molecule has 0 spiro atoms. The average Bonchev–Trinajstić information content (AvgIpc) is 2.55. The van der Waals surface area contributed by atoms with E-state index in [0.717, 1.165) is 0 Å². The molecule has 5 N–H and O–H groups in total. The molecule has 0 radical (unpaired) electrons. The molecule has 2 amide bonds. The molecule has 1 heterocycles. The highest BCUT2D eigenvalue weighted by atomic mass is 16.1. The summed E-state index contributed by atoms with van der Waals surface area (Å²) in [4.78, 5) is 31.8. The van der Waals surface area contributed by atoms with Gasteiger partial charge in [0.25, 0.3) is 5.91 Å². The van der Waals surface area contributed by atoms with E-state index in [9.17, 15) is 9.59 Å². The standard InChI is InChI=1S/C18H22N6O2/c1-5-14(25)21-12-8-6-7-9-13(12)22-16-11(15(19)26)10-20-17(23-16)24-18(2,3)4/h5-10H,1H2,2-4H3,(H2,19,26)(H,21,25)(H2,20,22,23,24). The first-order valence-corrected chi connectivity index (χ1v) is 7.94. The van der Waals surface area contributed by atoms with Crippen molar-refractivity contribution in [3.05, 3.63) is 48.7 Å². The second-order valence-electron chi connectivity index (χ2n) is 6.56. The summed E-state index contributed by atoms with van der Waals surface area (Å²) in [5.74, 6) is -0.438. The second-order valence-corrected chi connectivity index (χ2v) is 6.56. The van der Waals surface area contributed by atoms with Crippen LogP contribution < -0.4 is 21.7 Å². The molecule has 0 atom stereocenters. The number of nitrogens with one attached hydrogen (secondary N) is 3. The van der Waals surface area contributed by atoms with E-state index in [1.807, 2.05) is 20.8 Å². The molecule has 136 valence electrons. The van der Waals surface area contributed by atoms with Crippen LogP contribution in [0.4, 0.5) is 23.1 Å². The van der Waals surface area contributed by atoms with Crippen LogP contribution in [0.25, 0.3) is 0 Å². The Morgan fingerprint density at radius 2 is 1.85 bits per heavy atom. The summed E-state index contributed by atoms with van der Waals surface area (Å²) >= 11 is 0. The van der Waals surface area contributed by atoms with Crippen LogP contribution in [-0.4, -0.2) is 27.3 Å². The number of hydrogen-bond acceptors (Lipinski definition) is 6. The average molecular weight is 354 g/mol. The number of anilines is 4. The van der Waals surface area contributed by atoms with Gasteiger partial charge in [0.2, 0.25) is 11.9 Å². The van der Waals surface area contributed by atoms with Crippen LogP contribution in [0, 0.1) is 0 Å². The molecule has 2 rings (SSSR count). The summed E-state index contributed by atoms with van der Waals surface area (Å²) in [5.41, 5.74) is 6.35. The zero-order valence-electron chi connectivity index (χ0n) is 15.0. The summed E-state index contributed by atoms with van der Waals surface area (Å²) in [6.45, 7) is 9.32. The Bertz CT molecular complexity index is 842. The third kappa shape index (κ3) is 5.04. The van der Waals surface area contributed by atoms with Gasteiger partial charge in [0.15, 0.2) is 0 Å². The van der Waals surface area contributed by atoms with Gasteiger partial charge in [-0.25, -0.2) is 4.98 Å². The quantitative estimate of drug-likeness (QED) is 0.592. The fourth-order valence-electron chi connectivity index (χ4n) is 2.07. The highest BCUT2D eigenvalue weighted by molar-refractivity contribution is 6.02. The molecule has 2 aromatic rings. The van der Waals surface area contributed by atoms with Crippen LogP contribution in [0.5, 0.6) is 0 Å². The van der Waals surface area contributed by atoms with Crippen LogP contribution in [0.15, 0.2) is 43.1 Å². The lowest BCUT2D eigenvalue weighted by molar-refractivity contribution is -0.111. The fourth-order valence-corrected chi connectivity index (χ4v) is 2.07. The minimum atomic E-state index is -0.664. The molecule has 0 unspecified atom stereocenters. The smallest absolute Gasteiger partial charge is 0.254 e. The van der Waals surface area contributed by atoms with E-state index in [4.69, 9.17) is 5.73 Å². The number of carbonyl (C=O) groups excluding carboxylic acids is 2. The lowest BCUT2D eigenvalue weighted by Crippen LogP contribution is -2.28. The molecular weight excluding hydrogens is 332 g/mol. The molecule has 26 heavy (non-hydrogen) atoms. The molecule has 0 aliphatic rings. The Hall–Kier alpha value is -3.42. The lowest BCUT2D eigenvalue weighted by Gasteiger charge is -2.21. The molecule has 0 saturated carbocycles. The van der Waals surface area contributed by atoms with Crippen molar-refractivity contribution in [3.63, 3.8) is 0 Å². The van der Waals surface area contributed by atoms with E-state index in [1.54, 1.807) is 24.3 Å². The van der Waals surface area contributed by atoms with Gasteiger partial charge in [-0.2, -0.15) is 4.98 Å². The topological polar surface area (TPSA) is 122 Å². The molecule has 0 aliphatic carbocycles. The molecule has 0 fully saturated rings. The number of primary amides is 1. The molecule has 8 nitrogen and oxygen atoms in total. The normalized spacial score (nSPS) is 10.7. The van der Waals surface area contributed by atoms with Gasteiger partial charge < -0.3 is 21.7 Å². The fraction of sp³-hybridized carbons (Fsp3) is 0.222. The summed E-state index contributed by atoms with van der Waals surface area (Å²) in [6.07, 6.45) is 2.53. The highest BCUT2D eigenvalue weighted by Crippen LogP contribution is 2.27. The second kappa shape index (κ2) is 7.64. The van der Waals surface area contributed by atoms with E-state index >= 15 is 0 Å². The minimum Gasteiger partial charge on any atom is -0.365 e. The van der Waals surface area contributed by atoms with Gasteiger partial charge in [0, 0.05) is 11.7 Å². The van der Waals surface area contributed by atoms with Crippen LogP contribution in [0.3, 0.4) is 0 Å². The number of amides is 2. The molecule has 0 aliphatic heterocycles. The van der Waals surface area contributed by atoms with E-state index in [-0.39, 0.29) is 22.8 Å². The summed E-state index contributed by atoms with van der Waals surface area (Å²) in [5, 5.41) is 8.86. The largest absolute Gasteiger partial charge is 0.365 e. The van der Waals surface area contributed by atoms with Gasteiger partial charge in [0.1, 0.15) is 11.4 Å². The number of para-hydroxylation sites is 2. The molecule has 0 bridgehead atoms. The number of carbonyl (C=O) groups is 2. The lowest BCUT2D eigenvalue weighted by atomic mass is 10.1. The van der Waals surface area contributed by atoms with Crippen LogP contribution in [0.1, 0.15) is 31.1 Å². The van der Waals surface area contributed by atoms with Gasteiger partial charge in [-0.05, 0) is 39.0 Å². The van der Waals surface area contributed by atoms with Gasteiger partial charge in [-0.3, -0.25) is 9.59 Å². The van der Waals surface area contributed by atoms with E-state index in [2.05, 4.69) is 32.5 Å². The molecule has 8 heteroatoms. The molecule has 1 aromatic carbocycles. The van der Waals surface area contributed by atoms with E-state index in [0.29, 0.717) is 17.3 Å². The molecular formula is C18H22N6O2. The first kappa shape index (κ1) is 18.9. The number of benzene rings is 1. The van der Waals surface area contributed by atoms with E-state index in [1.165, 1.54) is 12.3 Å².